The second-order valence-electron chi connectivity index (χ2n) is 25.8. The van der Waals surface area contributed by atoms with Crippen molar-refractivity contribution in [3.8, 4) is 16.4 Å². The van der Waals surface area contributed by atoms with Crippen molar-refractivity contribution in [1.82, 2.24) is 16.0 Å². The standard InChI is InChI=1S/C24H21O3S2.C23H19F2O2S.3C9H15F2NO6S/c1-24(2)15-18(23(25)27-24)26-16-11-13-17(14-12-16)29-21-9-5-3-7-19(21)28-20-8-4-6-10-22(20)29;24-15-4-10-21-19(13-15)20-14-16(25)5-11-22(20)28(21)18-8-6-17(7-9-18)27-23-3-1-2-12-26-23;3*1-3-6(2)7(13)18-5-4-12-8(14)9(10,11)19(15,16)17/h3-14,18H,15H2,1-2H3;4-11,13-14,23H,1-3,12H2;3*6H,3-5H2,1-2H3,(H,12,14)(H,15,16,17)/q2*+1;;;/p-3. The van der Waals surface area contributed by atoms with E-state index < -0.39 is 143 Å². The number of fused-ring (bicyclic) bond motifs is 5. The van der Waals surface area contributed by atoms with Crippen LogP contribution in [-0.4, -0.2) is 160 Å². The molecule has 3 N–H and O–H groups in total. The van der Waals surface area contributed by atoms with E-state index in [1.807, 2.05) is 74.1 Å². The Labute approximate surface area is 662 Å². The molecule has 114 heavy (non-hydrogen) atoms. The van der Waals surface area contributed by atoms with Crippen LogP contribution in [0.25, 0.3) is 25.1 Å². The van der Waals surface area contributed by atoms with E-state index in [-0.39, 0.29) is 52.5 Å². The Kier molecular flexibility index (Phi) is 34.0. The lowest BCUT2D eigenvalue weighted by Gasteiger charge is -2.23. The molecule has 0 spiro atoms. The van der Waals surface area contributed by atoms with Crippen LogP contribution in [0.4, 0.5) is 35.1 Å². The van der Waals surface area contributed by atoms with Crippen LogP contribution in [0.3, 0.4) is 0 Å². The highest BCUT2D eigenvalue weighted by molar-refractivity contribution is 8.04. The van der Waals surface area contributed by atoms with Crippen molar-refractivity contribution < 1.29 is 141 Å². The Morgan fingerprint density at radius 3 is 1.25 bits per heavy atom. The first-order chi connectivity index (χ1) is 53.3. The maximum absolute atomic E-state index is 13.8. The quantitative estimate of drug-likeness (QED) is 0.0107. The van der Waals surface area contributed by atoms with Gasteiger partial charge in [-0.1, -0.05) is 77.6 Å². The van der Waals surface area contributed by atoms with Gasteiger partial charge in [0.1, 0.15) is 59.5 Å². The monoisotopic (exact) mass is 1720 g/mol. The van der Waals surface area contributed by atoms with E-state index in [1.165, 1.54) is 64.7 Å². The fourth-order valence-corrected chi connectivity index (χ4v) is 17.0. The van der Waals surface area contributed by atoms with Gasteiger partial charge in [-0.05, 0) is 131 Å². The lowest BCUT2D eigenvalue weighted by Crippen LogP contribution is -2.46. The molecular weight excluding hydrogens is 1640 g/mol. The van der Waals surface area contributed by atoms with Crippen LogP contribution in [0.5, 0.6) is 11.5 Å². The summed E-state index contributed by atoms with van der Waals surface area (Å²) in [4.78, 5) is 85.4. The van der Waals surface area contributed by atoms with Crippen LogP contribution in [0.2, 0.25) is 0 Å². The largest absolute Gasteiger partial charge is 0.743 e. The number of cyclic esters (lactones) is 1. The number of carbonyl (C=O) groups is 7. The SMILES string of the molecule is CC1(C)CC(Oc2ccc([S+]3c4ccccc4Sc4ccccc43)cc2)C(=O)O1.CCC(C)C(=O)OCCNC(=O)C(F)(F)S(=O)(=O)[O-].CCC(C)C(=O)OCCNC(=O)C(F)(F)S(=O)(=O)[O-].CCC(C)C(=O)OCCNC(=O)C(F)(F)S(=O)(=O)[O-].Fc1ccc2c(c1)c1cc(F)ccc1[s+]2-c1ccc(OC2CCCCO2)cc1. The van der Waals surface area contributed by atoms with Gasteiger partial charge in [0.2, 0.25) is 0 Å². The highest BCUT2D eigenvalue weighted by Crippen LogP contribution is 2.50. The fourth-order valence-electron chi connectivity index (χ4n) is 10.0. The Morgan fingerprint density at radius 1 is 0.544 bits per heavy atom. The molecule has 2 fully saturated rings. The van der Waals surface area contributed by atoms with Crippen molar-refractivity contribution >= 4 is 125 Å². The van der Waals surface area contributed by atoms with Crippen LogP contribution in [-0.2, 0) is 98.5 Å². The van der Waals surface area contributed by atoms with E-state index in [1.54, 1.807) is 41.5 Å². The van der Waals surface area contributed by atoms with Crippen LogP contribution >= 0.6 is 22.2 Å². The molecule has 3 aliphatic heterocycles. The number of thiophene rings is 1. The second-order valence-corrected chi connectivity index (χ2v) is 35.1. The van der Waals surface area contributed by atoms with E-state index in [4.69, 9.17) is 18.9 Å². The number of ether oxygens (including phenoxy) is 7. The summed E-state index contributed by atoms with van der Waals surface area (Å²) < 4.78 is 233. The molecule has 6 aromatic carbocycles. The van der Waals surface area contributed by atoms with Crippen molar-refractivity contribution in [2.24, 2.45) is 17.8 Å². The number of benzene rings is 6. The van der Waals surface area contributed by atoms with Crippen LogP contribution in [0.15, 0.2) is 158 Å². The van der Waals surface area contributed by atoms with E-state index in [2.05, 4.69) is 74.9 Å². The van der Waals surface area contributed by atoms with Crippen LogP contribution in [0, 0.1) is 29.4 Å². The predicted octanol–water partition coefficient (Wildman–Crippen LogP) is 12.1. The summed E-state index contributed by atoms with van der Waals surface area (Å²) in [6, 6.07) is 43.0. The van der Waals surface area contributed by atoms with E-state index in [0.717, 1.165) is 56.7 Å². The van der Waals surface area contributed by atoms with E-state index >= 15 is 0 Å². The third-order valence-electron chi connectivity index (χ3n) is 16.8. The van der Waals surface area contributed by atoms with Crippen LogP contribution in [0.1, 0.15) is 100 Å². The summed E-state index contributed by atoms with van der Waals surface area (Å²) in [7, 11) is -18.8. The van der Waals surface area contributed by atoms with Gasteiger partial charge in [0, 0.05) is 47.6 Å². The minimum atomic E-state index is -6.08. The molecule has 2 saturated heterocycles. The molecular formula is C74H82F8N3O23S6-. The number of amides is 3. The molecule has 0 aliphatic carbocycles. The molecule has 3 aliphatic rings. The Morgan fingerprint density at radius 2 is 0.912 bits per heavy atom. The number of alkyl halides is 6. The molecule has 10 rings (SSSR count). The van der Waals surface area contributed by atoms with Gasteiger partial charge in [0.15, 0.2) is 71.7 Å². The molecule has 1 aromatic heterocycles. The van der Waals surface area contributed by atoms with Gasteiger partial charge >= 0.3 is 57.4 Å². The maximum atomic E-state index is 13.8. The number of halogens is 8. The molecule has 40 heteroatoms. The van der Waals surface area contributed by atoms with Gasteiger partial charge in [-0.2, -0.15) is 26.3 Å². The highest BCUT2D eigenvalue weighted by Gasteiger charge is 2.49. The Balaban J connectivity index is 0.000000226. The third kappa shape index (κ3) is 25.6. The zero-order valence-corrected chi connectivity index (χ0v) is 67.2. The number of rotatable bonds is 27. The van der Waals surface area contributed by atoms with E-state index in [0.29, 0.717) is 31.4 Å². The summed E-state index contributed by atoms with van der Waals surface area (Å²) in [6.07, 6.45) is 4.54. The number of carbonyl (C=O) groups excluding carboxylic acids is 7. The lowest BCUT2D eigenvalue weighted by molar-refractivity contribution is -0.150. The lowest BCUT2D eigenvalue weighted by atomic mass is 10.0. The van der Waals surface area contributed by atoms with Gasteiger partial charge in [0.05, 0.1) is 64.6 Å². The average Bonchev–Trinajstić information content (AvgIpc) is 1.53. The fraction of sp³-hybridized carbons (Fsp3) is 0.419. The summed E-state index contributed by atoms with van der Waals surface area (Å²) in [5, 5.41) is -9.11. The van der Waals surface area contributed by atoms with Crippen LogP contribution < -0.4 is 25.4 Å². The summed E-state index contributed by atoms with van der Waals surface area (Å²) >= 11 is 1.84. The molecule has 3 amide bonds. The third-order valence-corrected chi connectivity index (χ3v) is 25.3. The van der Waals surface area contributed by atoms with Crippen molar-refractivity contribution in [1.29, 1.82) is 0 Å². The van der Waals surface area contributed by atoms with Crippen molar-refractivity contribution in [2.45, 2.75) is 159 Å². The topological polar surface area (TPSA) is 392 Å². The second kappa shape index (κ2) is 41.2. The number of esters is 4. The minimum absolute atomic E-state index is 0.158. The van der Waals surface area contributed by atoms with E-state index in [9.17, 15) is 108 Å². The molecule has 4 heterocycles. The molecule has 624 valence electrons. The molecule has 5 atom stereocenters. The highest BCUT2D eigenvalue weighted by atomic mass is 32.2. The van der Waals surface area contributed by atoms with Crippen molar-refractivity contribution in [2.75, 3.05) is 46.1 Å². The first-order valence-electron chi connectivity index (χ1n) is 35.0. The molecule has 5 unspecified atom stereocenters. The van der Waals surface area contributed by atoms with Crippen molar-refractivity contribution in [3.63, 3.8) is 0 Å². The smallest absolute Gasteiger partial charge is 0.410 e. The number of hydrogen-bond acceptors (Lipinski definition) is 24. The van der Waals surface area contributed by atoms with Crippen molar-refractivity contribution in [3.05, 3.63) is 145 Å². The molecule has 0 saturated carbocycles. The summed E-state index contributed by atoms with van der Waals surface area (Å²) in [6.45, 7) is 11.8. The van der Waals surface area contributed by atoms with Gasteiger partial charge in [-0.25, -0.2) is 38.8 Å². The number of hydrogen-bond donors (Lipinski definition) is 3. The summed E-state index contributed by atoms with van der Waals surface area (Å²) in [5.41, 5.74) is -0.462. The Hall–Kier alpha value is -8.74. The number of nitrogens with one attached hydrogen (secondary N) is 3. The molecule has 26 nitrogen and oxygen atoms in total. The van der Waals surface area contributed by atoms with Gasteiger partial charge < -0.3 is 62.8 Å². The first-order valence-corrected chi connectivity index (χ1v) is 42.5. The first kappa shape index (κ1) is 94.1. The molecule has 0 radical (unpaired) electrons. The zero-order valence-electron chi connectivity index (χ0n) is 62.4. The minimum Gasteiger partial charge on any atom is -0.743 e. The zero-order chi connectivity index (χ0) is 84.9. The normalized spacial score (nSPS) is 16.2. The van der Waals surface area contributed by atoms with Gasteiger partial charge in [-0.15, -0.1) is 0 Å². The summed E-state index contributed by atoms with van der Waals surface area (Å²) in [5.74, 6) is -9.01. The van der Waals surface area contributed by atoms with Gasteiger partial charge in [-0.3, -0.25) is 28.8 Å². The molecule has 7 aromatic rings. The van der Waals surface area contributed by atoms with Gasteiger partial charge in [0.25, 0.3) is 0 Å². The maximum Gasteiger partial charge on any atom is 0.410 e. The Bertz CT molecular complexity index is 4580. The average molecular weight is 1730 g/mol. The molecule has 0 bridgehead atoms. The predicted molar refractivity (Wildman–Crippen MR) is 398 cm³/mol.